The number of hydrogen-bond donors (Lipinski definition) is 3. The SMILES string of the molecule is Cc1c(N)cc(Br)cc1S(=O)(=O)Nc1ccc(=O)[nH]n1. The van der Waals surface area contributed by atoms with Crippen LogP contribution in [0.3, 0.4) is 0 Å². The van der Waals surface area contributed by atoms with Crippen LogP contribution in [-0.2, 0) is 10.0 Å². The monoisotopic (exact) mass is 358 g/mol. The van der Waals surface area contributed by atoms with Gasteiger partial charge in [0.15, 0.2) is 5.82 Å². The summed E-state index contributed by atoms with van der Waals surface area (Å²) in [6.45, 7) is 1.61. The maximum Gasteiger partial charge on any atom is 0.264 e. The molecule has 2 rings (SSSR count). The zero-order valence-corrected chi connectivity index (χ0v) is 12.7. The molecule has 0 aliphatic rings. The van der Waals surface area contributed by atoms with E-state index in [9.17, 15) is 13.2 Å². The molecular weight excluding hydrogens is 348 g/mol. The molecule has 0 bridgehead atoms. The van der Waals surface area contributed by atoms with Crippen molar-refractivity contribution < 1.29 is 8.42 Å². The molecule has 1 heterocycles. The van der Waals surface area contributed by atoms with Crippen molar-refractivity contribution >= 4 is 37.5 Å². The van der Waals surface area contributed by atoms with E-state index >= 15 is 0 Å². The molecule has 1 aromatic carbocycles. The Bertz CT molecular complexity index is 796. The number of aromatic amines is 1. The number of hydrogen-bond acceptors (Lipinski definition) is 5. The summed E-state index contributed by atoms with van der Waals surface area (Å²) < 4.78 is 27.4. The maximum atomic E-state index is 12.3. The van der Waals surface area contributed by atoms with Crippen LogP contribution in [0.25, 0.3) is 0 Å². The lowest BCUT2D eigenvalue weighted by atomic mass is 10.2. The number of aromatic nitrogens is 2. The summed E-state index contributed by atoms with van der Waals surface area (Å²) in [4.78, 5) is 10.9. The van der Waals surface area contributed by atoms with Gasteiger partial charge in [0.05, 0.1) is 4.90 Å². The van der Waals surface area contributed by atoms with Gasteiger partial charge in [0, 0.05) is 16.2 Å². The predicted molar refractivity (Wildman–Crippen MR) is 79.0 cm³/mol. The topological polar surface area (TPSA) is 118 Å². The summed E-state index contributed by atoms with van der Waals surface area (Å²) in [6, 6.07) is 5.51. The summed E-state index contributed by atoms with van der Waals surface area (Å²) in [5, 5.41) is 5.74. The minimum Gasteiger partial charge on any atom is -0.398 e. The van der Waals surface area contributed by atoms with E-state index in [-0.39, 0.29) is 10.7 Å². The second-order valence-corrected chi connectivity index (χ2v) is 6.60. The molecule has 0 atom stereocenters. The van der Waals surface area contributed by atoms with E-state index in [1.165, 1.54) is 18.2 Å². The minimum atomic E-state index is -3.85. The molecule has 1 aromatic heterocycles. The number of H-pyrrole nitrogens is 1. The first-order chi connectivity index (χ1) is 9.29. The third kappa shape index (κ3) is 2.99. The van der Waals surface area contributed by atoms with Crippen molar-refractivity contribution in [2.24, 2.45) is 0 Å². The van der Waals surface area contributed by atoms with E-state index in [1.807, 2.05) is 0 Å². The number of nitrogens with one attached hydrogen (secondary N) is 2. The Morgan fingerprint density at radius 3 is 2.65 bits per heavy atom. The van der Waals surface area contributed by atoms with Crippen molar-refractivity contribution in [1.82, 2.24) is 10.2 Å². The highest BCUT2D eigenvalue weighted by Gasteiger charge is 2.19. The lowest BCUT2D eigenvalue weighted by Crippen LogP contribution is -2.17. The summed E-state index contributed by atoms with van der Waals surface area (Å²) in [6.07, 6.45) is 0. The number of sulfonamides is 1. The lowest BCUT2D eigenvalue weighted by Gasteiger charge is -2.11. The average Bonchev–Trinajstić information content (AvgIpc) is 2.36. The van der Waals surface area contributed by atoms with Crippen LogP contribution in [0.2, 0.25) is 0 Å². The van der Waals surface area contributed by atoms with Gasteiger partial charge < -0.3 is 5.73 Å². The molecule has 0 aliphatic carbocycles. The summed E-state index contributed by atoms with van der Waals surface area (Å²) in [5.74, 6) is 0.0162. The standard InChI is InChI=1S/C11H11BrN4O3S/c1-6-8(13)4-7(12)5-9(6)20(18,19)16-10-2-3-11(17)15-14-10/h2-5H,13H2,1H3,(H,14,16)(H,15,17). The molecule has 7 nitrogen and oxygen atoms in total. The number of nitrogen functional groups attached to an aromatic ring is 1. The van der Waals surface area contributed by atoms with Crippen LogP contribution >= 0.6 is 15.9 Å². The Hall–Kier alpha value is -1.87. The highest BCUT2D eigenvalue weighted by atomic mass is 79.9. The van der Waals surface area contributed by atoms with Crippen LogP contribution in [0, 0.1) is 6.92 Å². The molecule has 0 amide bonds. The maximum absolute atomic E-state index is 12.3. The Kier molecular flexibility index (Phi) is 3.82. The number of nitrogens with zero attached hydrogens (tertiary/aromatic N) is 1. The largest absolute Gasteiger partial charge is 0.398 e. The van der Waals surface area contributed by atoms with Gasteiger partial charge >= 0.3 is 0 Å². The predicted octanol–water partition coefficient (Wildman–Crippen LogP) is 1.22. The van der Waals surface area contributed by atoms with Crippen molar-refractivity contribution in [3.63, 3.8) is 0 Å². The van der Waals surface area contributed by atoms with E-state index in [1.54, 1.807) is 13.0 Å². The molecule has 0 unspecified atom stereocenters. The third-order valence-corrected chi connectivity index (χ3v) is 4.51. The number of benzene rings is 1. The second-order valence-electron chi connectivity index (χ2n) is 4.03. The Labute approximate surface area is 123 Å². The summed E-state index contributed by atoms with van der Waals surface area (Å²) >= 11 is 3.20. The van der Waals surface area contributed by atoms with E-state index in [0.29, 0.717) is 15.7 Å². The van der Waals surface area contributed by atoms with Crippen LogP contribution in [-0.4, -0.2) is 18.6 Å². The summed E-state index contributed by atoms with van der Waals surface area (Å²) in [5.41, 5.74) is 6.12. The Morgan fingerprint density at radius 1 is 1.35 bits per heavy atom. The molecule has 0 saturated carbocycles. The minimum absolute atomic E-state index is 0.0162. The van der Waals surface area contributed by atoms with Gasteiger partial charge in [-0.1, -0.05) is 15.9 Å². The quantitative estimate of drug-likeness (QED) is 0.713. The van der Waals surface area contributed by atoms with E-state index in [2.05, 4.69) is 30.8 Å². The van der Waals surface area contributed by atoms with Gasteiger partial charge in [-0.15, -0.1) is 0 Å². The normalized spacial score (nSPS) is 11.3. The highest BCUT2D eigenvalue weighted by Crippen LogP contribution is 2.27. The smallest absolute Gasteiger partial charge is 0.264 e. The van der Waals surface area contributed by atoms with E-state index in [0.717, 1.165) is 0 Å². The fourth-order valence-corrected chi connectivity index (χ4v) is 3.48. The van der Waals surface area contributed by atoms with Crippen LogP contribution in [0.5, 0.6) is 0 Å². The van der Waals surface area contributed by atoms with Crippen LogP contribution in [0.15, 0.2) is 38.4 Å². The third-order valence-electron chi connectivity index (χ3n) is 2.57. The van der Waals surface area contributed by atoms with Gasteiger partial charge in [0.2, 0.25) is 0 Å². The molecule has 2 aromatic rings. The van der Waals surface area contributed by atoms with Crippen LogP contribution in [0.4, 0.5) is 11.5 Å². The van der Waals surface area contributed by atoms with Gasteiger partial charge in [-0.3, -0.25) is 9.52 Å². The van der Waals surface area contributed by atoms with E-state index in [4.69, 9.17) is 5.73 Å². The van der Waals surface area contributed by atoms with Crippen molar-refractivity contribution in [3.8, 4) is 0 Å². The fraction of sp³-hybridized carbons (Fsp3) is 0.0909. The molecule has 0 aliphatic heterocycles. The molecule has 0 radical (unpaired) electrons. The second kappa shape index (κ2) is 5.25. The van der Waals surface area contributed by atoms with Crippen molar-refractivity contribution in [2.45, 2.75) is 11.8 Å². The highest BCUT2D eigenvalue weighted by molar-refractivity contribution is 9.10. The zero-order valence-electron chi connectivity index (χ0n) is 10.3. The van der Waals surface area contributed by atoms with Gasteiger partial charge in [0.1, 0.15) is 0 Å². The number of anilines is 2. The van der Waals surface area contributed by atoms with Crippen molar-refractivity contribution in [1.29, 1.82) is 0 Å². The average molecular weight is 359 g/mol. The van der Waals surface area contributed by atoms with Gasteiger partial charge in [0.25, 0.3) is 15.6 Å². The Balaban J connectivity index is 2.45. The Morgan fingerprint density at radius 2 is 2.05 bits per heavy atom. The lowest BCUT2D eigenvalue weighted by molar-refractivity contribution is 0.600. The van der Waals surface area contributed by atoms with Gasteiger partial charge in [-0.2, -0.15) is 5.10 Å². The number of halogens is 1. The molecule has 106 valence electrons. The first kappa shape index (κ1) is 14.5. The van der Waals surface area contributed by atoms with Crippen LogP contribution in [0.1, 0.15) is 5.56 Å². The first-order valence-corrected chi connectivity index (χ1v) is 7.71. The van der Waals surface area contributed by atoms with Crippen molar-refractivity contribution in [2.75, 3.05) is 10.5 Å². The molecule has 0 spiro atoms. The summed E-state index contributed by atoms with van der Waals surface area (Å²) in [7, 11) is -3.85. The molecule has 0 fully saturated rings. The number of nitrogens with two attached hydrogens (primary N) is 1. The molecule has 9 heteroatoms. The van der Waals surface area contributed by atoms with E-state index < -0.39 is 15.6 Å². The molecule has 4 N–H and O–H groups in total. The molecular formula is C11H11BrN4O3S. The van der Waals surface area contributed by atoms with Gasteiger partial charge in [-0.25, -0.2) is 13.5 Å². The zero-order chi connectivity index (χ0) is 14.9. The number of rotatable bonds is 3. The fourth-order valence-electron chi connectivity index (χ4n) is 1.55. The first-order valence-electron chi connectivity index (χ1n) is 5.44. The molecule has 0 saturated heterocycles. The molecule has 20 heavy (non-hydrogen) atoms. The van der Waals surface area contributed by atoms with Gasteiger partial charge in [-0.05, 0) is 30.7 Å². The van der Waals surface area contributed by atoms with Crippen LogP contribution < -0.4 is 16.0 Å². The van der Waals surface area contributed by atoms with Crippen molar-refractivity contribution in [3.05, 3.63) is 44.7 Å².